The molecule has 0 aromatic rings. The highest BCUT2D eigenvalue weighted by molar-refractivity contribution is 7.87. The summed E-state index contributed by atoms with van der Waals surface area (Å²) < 4.78 is 80.8. The minimum atomic E-state index is -4.49. The van der Waals surface area contributed by atoms with Gasteiger partial charge in [-0.25, -0.2) is 0 Å². The highest BCUT2D eigenvalue weighted by Crippen LogP contribution is 2.58. The van der Waals surface area contributed by atoms with E-state index in [1.807, 2.05) is 34.6 Å². The van der Waals surface area contributed by atoms with E-state index in [1.54, 1.807) is 20.8 Å². The average molecular weight is 751 g/mol. The molecule has 6 unspecified atom stereocenters. The highest BCUT2D eigenvalue weighted by Gasteiger charge is 2.65. The highest BCUT2D eigenvalue weighted by atomic mass is 32.2. The molecule has 1 aliphatic heterocycles. The summed E-state index contributed by atoms with van der Waals surface area (Å²) in [6.45, 7) is 17.4. The Balaban J connectivity index is 0.000000174. The lowest BCUT2D eigenvalue weighted by Gasteiger charge is -2.56. The third-order valence-electron chi connectivity index (χ3n) is 13.0. The summed E-state index contributed by atoms with van der Waals surface area (Å²) in [7, 11) is -3.43. The van der Waals surface area contributed by atoms with Gasteiger partial charge in [-0.05, 0) is 137 Å². The van der Waals surface area contributed by atoms with Crippen molar-refractivity contribution in [2.24, 2.45) is 45.8 Å². The summed E-state index contributed by atoms with van der Waals surface area (Å²) >= 11 is 0. The SMILES string of the molecule is CCC(C)(C)C(=O)OC(C)C(F)(F)F.CCC(C)(C)C(=O)OC12CC3CC(CC(C3)C1)C2.CCC(C)(C)C(=O)OC1C2CC3C1OS(=O)(=O)C3C2. The molecule has 6 saturated carbocycles. The van der Waals surface area contributed by atoms with Crippen LogP contribution in [0.4, 0.5) is 13.2 Å². The first kappa shape index (κ1) is 41.9. The second-order valence-electron chi connectivity index (χ2n) is 18.1. The molecule has 9 nitrogen and oxygen atoms in total. The third kappa shape index (κ3) is 9.08. The molecule has 0 N–H and O–H groups in total. The number of carbonyl (C=O) groups excluding carboxylic acids is 3. The predicted octanol–water partition coefficient (Wildman–Crippen LogP) is 8.32. The van der Waals surface area contributed by atoms with E-state index in [0.717, 1.165) is 56.8 Å². The van der Waals surface area contributed by atoms with Gasteiger partial charge in [0.2, 0.25) is 0 Å². The number of carbonyl (C=O) groups is 3. The van der Waals surface area contributed by atoms with Crippen LogP contribution in [0.1, 0.15) is 140 Å². The van der Waals surface area contributed by atoms with Crippen LogP contribution in [-0.4, -0.2) is 61.7 Å². The maximum absolute atomic E-state index is 12.4. The zero-order valence-electron chi connectivity index (χ0n) is 32.2. The zero-order chi connectivity index (χ0) is 38.5. The fourth-order valence-electron chi connectivity index (χ4n) is 8.64. The molecule has 7 aliphatic rings. The molecule has 7 fully saturated rings. The van der Waals surface area contributed by atoms with Crippen LogP contribution in [-0.2, 0) is 42.9 Å². The largest absolute Gasteiger partial charge is 0.459 e. The number of rotatable bonds is 9. The Labute approximate surface area is 302 Å². The number of halogens is 3. The van der Waals surface area contributed by atoms with Gasteiger partial charge in [-0.2, -0.15) is 21.6 Å². The topological polar surface area (TPSA) is 122 Å². The Morgan fingerprint density at radius 3 is 1.65 bits per heavy atom. The second kappa shape index (κ2) is 14.7. The number of fused-ring (bicyclic) bond motifs is 1. The molecule has 6 bridgehead atoms. The lowest BCUT2D eigenvalue weighted by atomic mass is 9.54. The van der Waals surface area contributed by atoms with Crippen LogP contribution >= 0.6 is 0 Å². The van der Waals surface area contributed by atoms with Crippen molar-refractivity contribution in [1.29, 1.82) is 0 Å². The molecule has 1 heterocycles. The van der Waals surface area contributed by atoms with Gasteiger partial charge < -0.3 is 14.2 Å². The van der Waals surface area contributed by atoms with Crippen molar-refractivity contribution >= 4 is 28.0 Å². The average Bonchev–Trinajstić information content (AvgIpc) is 3.65. The Hall–Kier alpha value is -1.89. The normalized spacial score (nSPS) is 34.8. The van der Waals surface area contributed by atoms with Crippen molar-refractivity contribution in [2.75, 3.05) is 0 Å². The molecule has 6 aliphatic carbocycles. The van der Waals surface area contributed by atoms with Gasteiger partial charge in [0.15, 0.2) is 6.10 Å². The summed E-state index contributed by atoms with van der Waals surface area (Å²) in [5.74, 6) is 1.66. The van der Waals surface area contributed by atoms with E-state index in [2.05, 4.69) is 11.7 Å². The summed E-state index contributed by atoms with van der Waals surface area (Å²) in [4.78, 5) is 35.7. The van der Waals surface area contributed by atoms with Crippen molar-refractivity contribution in [3.05, 3.63) is 0 Å². The molecule has 0 aromatic carbocycles. The van der Waals surface area contributed by atoms with Crippen LogP contribution in [0.25, 0.3) is 0 Å². The molecule has 13 heteroatoms. The van der Waals surface area contributed by atoms with Crippen LogP contribution in [0.2, 0.25) is 0 Å². The number of esters is 3. The van der Waals surface area contributed by atoms with Crippen LogP contribution in [0, 0.1) is 45.8 Å². The number of ether oxygens (including phenoxy) is 3. The first-order valence-electron chi connectivity index (χ1n) is 18.9. The fraction of sp³-hybridized carbons (Fsp3) is 0.921. The lowest BCUT2D eigenvalue weighted by molar-refractivity contribution is -0.221. The second-order valence-corrected chi connectivity index (χ2v) is 19.9. The van der Waals surface area contributed by atoms with E-state index in [9.17, 15) is 36.0 Å². The lowest BCUT2D eigenvalue weighted by Crippen LogP contribution is -2.53. The standard InChI is InChI=1S/C16H26O2.C13H20O5S.C9H15F3O2/c1-4-15(2,3)14(17)18-16-8-11-5-12(9-16)7-13(6-11)10-16;1-4-13(2,3)12(14)17-10-7-5-8-9(6-7)19(15,16)18-11(8)10;1-5-8(3,4)7(13)14-6(2)9(10,11)12/h11-13H,4-10H2,1-3H3;7-11H,4-6H2,1-3H3;6H,5H2,1-4H3. The maximum Gasteiger partial charge on any atom is 0.425 e. The van der Waals surface area contributed by atoms with Crippen molar-refractivity contribution in [1.82, 2.24) is 0 Å². The van der Waals surface area contributed by atoms with Gasteiger partial charge in [0.25, 0.3) is 10.1 Å². The third-order valence-corrected chi connectivity index (χ3v) is 14.8. The molecule has 7 rings (SSSR count). The van der Waals surface area contributed by atoms with Crippen molar-refractivity contribution in [3.63, 3.8) is 0 Å². The quantitative estimate of drug-likeness (QED) is 0.130. The first-order valence-corrected chi connectivity index (χ1v) is 20.4. The van der Waals surface area contributed by atoms with Gasteiger partial charge in [-0.15, -0.1) is 0 Å². The summed E-state index contributed by atoms with van der Waals surface area (Å²) in [6, 6.07) is 0. The van der Waals surface area contributed by atoms with Crippen LogP contribution in [0.5, 0.6) is 0 Å². The number of hydrogen-bond donors (Lipinski definition) is 0. The van der Waals surface area contributed by atoms with E-state index in [-0.39, 0.29) is 46.1 Å². The predicted molar refractivity (Wildman–Crippen MR) is 184 cm³/mol. The Morgan fingerprint density at radius 2 is 1.20 bits per heavy atom. The van der Waals surface area contributed by atoms with Gasteiger partial charge in [0.1, 0.15) is 17.8 Å². The van der Waals surface area contributed by atoms with Crippen molar-refractivity contribution < 1.29 is 54.4 Å². The van der Waals surface area contributed by atoms with E-state index in [0.29, 0.717) is 19.3 Å². The number of alkyl halides is 3. The molecular formula is C38H61F3O9S. The van der Waals surface area contributed by atoms with E-state index in [4.69, 9.17) is 13.7 Å². The Morgan fingerprint density at radius 1 is 0.745 bits per heavy atom. The monoisotopic (exact) mass is 750 g/mol. The summed E-state index contributed by atoms with van der Waals surface area (Å²) in [5.41, 5.74) is -1.78. The van der Waals surface area contributed by atoms with Gasteiger partial charge in [0.05, 0.1) is 21.5 Å². The fourth-order valence-corrected chi connectivity index (χ4v) is 10.5. The van der Waals surface area contributed by atoms with Gasteiger partial charge in [0, 0.05) is 11.8 Å². The van der Waals surface area contributed by atoms with Crippen LogP contribution < -0.4 is 0 Å². The molecule has 0 radical (unpaired) electrons. The molecule has 1 saturated heterocycles. The number of hydrogen-bond acceptors (Lipinski definition) is 9. The van der Waals surface area contributed by atoms with Crippen LogP contribution in [0.15, 0.2) is 0 Å². The summed E-state index contributed by atoms with van der Waals surface area (Å²) in [5, 5.41) is -0.364. The van der Waals surface area contributed by atoms with Gasteiger partial charge >= 0.3 is 24.1 Å². The zero-order valence-corrected chi connectivity index (χ0v) is 33.0. The summed E-state index contributed by atoms with van der Waals surface area (Å²) in [6.07, 6.45) is 3.65. The van der Waals surface area contributed by atoms with E-state index < -0.39 is 45.3 Å². The minimum absolute atomic E-state index is 0.0255. The molecule has 0 spiro atoms. The van der Waals surface area contributed by atoms with Gasteiger partial charge in [-0.1, -0.05) is 20.8 Å². The molecule has 0 aromatic heterocycles. The van der Waals surface area contributed by atoms with E-state index >= 15 is 0 Å². The van der Waals surface area contributed by atoms with Crippen molar-refractivity contribution in [3.8, 4) is 0 Å². The van der Waals surface area contributed by atoms with Crippen LogP contribution in [0.3, 0.4) is 0 Å². The molecule has 0 amide bonds. The Bertz CT molecular complexity index is 1370. The van der Waals surface area contributed by atoms with E-state index in [1.165, 1.54) is 19.3 Å². The molecule has 6 atom stereocenters. The van der Waals surface area contributed by atoms with Gasteiger partial charge in [-0.3, -0.25) is 18.6 Å². The maximum atomic E-state index is 12.4. The molecule has 51 heavy (non-hydrogen) atoms. The molecular weight excluding hydrogens is 689 g/mol. The minimum Gasteiger partial charge on any atom is -0.459 e. The smallest absolute Gasteiger partial charge is 0.425 e. The Kier molecular flexibility index (Phi) is 12.1. The van der Waals surface area contributed by atoms with Crippen molar-refractivity contribution in [2.45, 2.75) is 175 Å². The first-order chi connectivity index (χ1) is 23.3. The molecule has 294 valence electrons.